The van der Waals surface area contributed by atoms with Crippen LogP contribution in [0.4, 0.5) is 8.78 Å². The van der Waals surface area contributed by atoms with Crippen molar-refractivity contribution in [1.82, 2.24) is 15.2 Å². The van der Waals surface area contributed by atoms with Crippen molar-refractivity contribution in [2.75, 3.05) is 32.8 Å². The minimum Gasteiger partial charge on any atom is -0.377 e. The van der Waals surface area contributed by atoms with Gasteiger partial charge >= 0.3 is 0 Å². The van der Waals surface area contributed by atoms with Crippen LogP contribution in [0.3, 0.4) is 0 Å². The number of nitrogens with one attached hydrogen (secondary N) is 2. The molecule has 1 aromatic carbocycles. The third-order valence-corrected chi connectivity index (χ3v) is 5.04. The molecule has 23 heavy (non-hydrogen) atoms. The largest absolute Gasteiger partial charge is 0.377 e. The molecule has 4 rings (SSSR count). The van der Waals surface area contributed by atoms with Gasteiger partial charge in [-0.25, -0.2) is 8.78 Å². The Bertz CT molecular complexity index is 698. The fourth-order valence-electron chi connectivity index (χ4n) is 3.62. The molecule has 0 amide bonds. The van der Waals surface area contributed by atoms with E-state index in [1.807, 2.05) is 6.20 Å². The van der Waals surface area contributed by atoms with E-state index >= 15 is 0 Å². The van der Waals surface area contributed by atoms with Gasteiger partial charge in [0.15, 0.2) is 0 Å². The average Bonchev–Trinajstić information content (AvgIpc) is 3.08. The molecule has 2 aromatic rings. The van der Waals surface area contributed by atoms with Crippen molar-refractivity contribution in [1.29, 1.82) is 0 Å². The lowest BCUT2D eigenvalue weighted by Crippen LogP contribution is -2.66. The lowest BCUT2D eigenvalue weighted by molar-refractivity contribution is -0.133. The Hall–Kier alpha value is -1.50. The maximum Gasteiger partial charge on any atom is 0.125 e. The summed E-state index contributed by atoms with van der Waals surface area (Å²) in [6.07, 6.45) is 1.82. The molecule has 1 aromatic heterocycles. The highest BCUT2D eigenvalue weighted by atomic mass is 19.1. The molecule has 2 N–H and O–H groups in total. The molecule has 4 nitrogen and oxygen atoms in total. The van der Waals surface area contributed by atoms with Gasteiger partial charge in [-0.2, -0.15) is 0 Å². The smallest absolute Gasteiger partial charge is 0.125 e. The Kier molecular flexibility index (Phi) is 3.83. The second kappa shape index (κ2) is 5.85. The molecule has 2 aliphatic rings. The number of benzene rings is 1. The van der Waals surface area contributed by atoms with E-state index in [-0.39, 0.29) is 11.4 Å². The Morgan fingerprint density at radius 1 is 1.39 bits per heavy atom. The molecule has 124 valence electrons. The molecule has 1 atom stereocenters. The minimum atomic E-state index is -0.712. The number of H-pyrrole nitrogens is 1. The van der Waals surface area contributed by atoms with Crippen LogP contribution in [0.2, 0.25) is 0 Å². The summed E-state index contributed by atoms with van der Waals surface area (Å²) in [5.41, 5.74) is 1.85. The van der Waals surface area contributed by atoms with Gasteiger partial charge in [-0.15, -0.1) is 0 Å². The molecule has 1 unspecified atom stereocenters. The van der Waals surface area contributed by atoms with Crippen LogP contribution in [0.5, 0.6) is 0 Å². The first kappa shape index (κ1) is 15.1. The number of rotatable bonds is 5. The van der Waals surface area contributed by atoms with Crippen molar-refractivity contribution in [2.24, 2.45) is 0 Å². The molecule has 0 spiro atoms. The standard InChI is InChI=1S/C17H21F2N3O/c18-13-1-2-15-12(7-21-16(15)5-13)6-20-9-17(10-23-11-17)22-4-3-14(19)8-22/h1-2,5,7,14,20-21H,3-4,6,8-11H2. The summed E-state index contributed by atoms with van der Waals surface area (Å²) in [6, 6.07) is 4.78. The number of likely N-dealkylation sites (tertiary alicyclic amines) is 1. The Balaban J connectivity index is 1.40. The second-order valence-electron chi connectivity index (χ2n) is 6.66. The summed E-state index contributed by atoms with van der Waals surface area (Å²) in [7, 11) is 0. The second-order valence-corrected chi connectivity index (χ2v) is 6.66. The van der Waals surface area contributed by atoms with Gasteiger partial charge in [0.05, 0.1) is 18.8 Å². The number of aromatic amines is 1. The fourth-order valence-corrected chi connectivity index (χ4v) is 3.62. The molecule has 0 radical (unpaired) electrons. The highest BCUT2D eigenvalue weighted by Crippen LogP contribution is 2.29. The van der Waals surface area contributed by atoms with Gasteiger partial charge in [-0.05, 0) is 30.2 Å². The van der Waals surface area contributed by atoms with E-state index in [2.05, 4.69) is 15.2 Å². The van der Waals surface area contributed by atoms with Crippen LogP contribution in [0.15, 0.2) is 24.4 Å². The number of hydrogen-bond donors (Lipinski definition) is 2. The molecule has 2 fully saturated rings. The summed E-state index contributed by atoms with van der Waals surface area (Å²) in [4.78, 5) is 5.32. The van der Waals surface area contributed by atoms with Crippen LogP contribution in [0.1, 0.15) is 12.0 Å². The van der Waals surface area contributed by atoms with E-state index in [9.17, 15) is 8.78 Å². The summed E-state index contributed by atoms with van der Waals surface area (Å²) in [5.74, 6) is -0.237. The van der Waals surface area contributed by atoms with Crippen molar-refractivity contribution >= 4 is 10.9 Å². The maximum absolute atomic E-state index is 13.5. The van der Waals surface area contributed by atoms with Crippen molar-refractivity contribution < 1.29 is 13.5 Å². The lowest BCUT2D eigenvalue weighted by atomic mass is 9.95. The highest BCUT2D eigenvalue weighted by Gasteiger charge is 2.46. The van der Waals surface area contributed by atoms with Crippen LogP contribution >= 0.6 is 0 Å². The number of nitrogens with zero attached hydrogens (tertiary/aromatic N) is 1. The van der Waals surface area contributed by atoms with Gasteiger partial charge in [0.1, 0.15) is 12.0 Å². The van der Waals surface area contributed by atoms with E-state index in [1.54, 1.807) is 6.07 Å². The molecular formula is C17H21F2N3O. The maximum atomic E-state index is 13.5. The molecule has 2 aliphatic heterocycles. The number of fused-ring (bicyclic) bond motifs is 1. The summed E-state index contributed by atoms with van der Waals surface area (Å²) < 4.78 is 32.1. The Morgan fingerprint density at radius 2 is 2.26 bits per heavy atom. The first-order valence-electron chi connectivity index (χ1n) is 8.09. The fraction of sp³-hybridized carbons (Fsp3) is 0.529. The Labute approximate surface area is 133 Å². The summed E-state index contributed by atoms with van der Waals surface area (Å²) >= 11 is 0. The lowest BCUT2D eigenvalue weighted by Gasteiger charge is -2.48. The normalized spacial score (nSPS) is 24.2. The number of alkyl halides is 1. The zero-order chi connectivity index (χ0) is 15.9. The van der Waals surface area contributed by atoms with E-state index in [0.29, 0.717) is 32.7 Å². The van der Waals surface area contributed by atoms with Crippen molar-refractivity contribution in [2.45, 2.75) is 24.7 Å². The molecule has 2 saturated heterocycles. The predicted octanol–water partition coefficient (Wildman–Crippen LogP) is 2.21. The number of halogens is 2. The topological polar surface area (TPSA) is 40.3 Å². The third-order valence-electron chi connectivity index (χ3n) is 5.04. The quantitative estimate of drug-likeness (QED) is 0.887. The molecule has 3 heterocycles. The monoisotopic (exact) mass is 321 g/mol. The zero-order valence-electron chi connectivity index (χ0n) is 12.9. The highest BCUT2D eigenvalue weighted by molar-refractivity contribution is 5.83. The van der Waals surface area contributed by atoms with Crippen molar-refractivity contribution in [3.8, 4) is 0 Å². The molecule has 6 heteroatoms. The van der Waals surface area contributed by atoms with E-state index < -0.39 is 6.17 Å². The SMILES string of the molecule is Fc1ccc2c(CNCC3(N4CCC(F)C4)COC3)c[nH]c2c1. The van der Waals surface area contributed by atoms with E-state index in [0.717, 1.165) is 29.6 Å². The van der Waals surface area contributed by atoms with Gasteiger partial charge in [0.2, 0.25) is 0 Å². The van der Waals surface area contributed by atoms with Gasteiger partial charge in [-0.1, -0.05) is 0 Å². The first-order valence-corrected chi connectivity index (χ1v) is 8.09. The number of ether oxygens (including phenoxy) is 1. The van der Waals surface area contributed by atoms with Crippen LogP contribution in [-0.2, 0) is 11.3 Å². The predicted molar refractivity (Wildman–Crippen MR) is 84.6 cm³/mol. The van der Waals surface area contributed by atoms with Crippen molar-refractivity contribution in [3.63, 3.8) is 0 Å². The number of aromatic nitrogens is 1. The van der Waals surface area contributed by atoms with E-state index in [1.165, 1.54) is 12.1 Å². The van der Waals surface area contributed by atoms with Crippen LogP contribution in [0, 0.1) is 5.82 Å². The molecule has 0 aliphatic carbocycles. The van der Waals surface area contributed by atoms with Gasteiger partial charge < -0.3 is 15.0 Å². The molecular weight excluding hydrogens is 300 g/mol. The van der Waals surface area contributed by atoms with Gasteiger partial charge in [-0.3, -0.25) is 4.90 Å². The van der Waals surface area contributed by atoms with E-state index in [4.69, 9.17) is 4.74 Å². The van der Waals surface area contributed by atoms with Crippen LogP contribution < -0.4 is 5.32 Å². The summed E-state index contributed by atoms with van der Waals surface area (Å²) in [5, 5.41) is 4.50. The zero-order valence-corrected chi connectivity index (χ0v) is 12.9. The van der Waals surface area contributed by atoms with Crippen LogP contribution in [-0.4, -0.2) is 54.4 Å². The van der Waals surface area contributed by atoms with Gasteiger partial charge in [0, 0.05) is 43.3 Å². The Morgan fingerprint density at radius 3 is 2.96 bits per heavy atom. The molecule has 0 bridgehead atoms. The van der Waals surface area contributed by atoms with Crippen molar-refractivity contribution in [3.05, 3.63) is 35.8 Å². The minimum absolute atomic E-state index is 0.0704. The van der Waals surface area contributed by atoms with Gasteiger partial charge in [0.25, 0.3) is 0 Å². The average molecular weight is 321 g/mol. The van der Waals surface area contributed by atoms with Crippen LogP contribution in [0.25, 0.3) is 10.9 Å². The third kappa shape index (κ3) is 2.75. The number of hydrogen-bond acceptors (Lipinski definition) is 3. The first-order chi connectivity index (χ1) is 11.2. The molecule has 0 saturated carbocycles. The summed E-state index contributed by atoms with van der Waals surface area (Å²) in [6.45, 7) is 4.10.